The van der Waals surface area contributed by atoms with Crippen LogP contribution >= 0.6 is 0 Å². The van der Waals surface area contributed by atoms with Gasteiger partial charge >= 0.3 is 0 Å². The molecule has 4 heteroatoms. The van der Waals surface area contributed by atoms with Crippen molar-refractivity contribution < 1.29 is 8.83 Å². The highest BCUT2D eigenvalue weighted by atomic mass is 16.3. The minimum absolute atomic E-state index is 0.345. The molecule has 0 amide bonds. The van der Waals surface area contributed by atoms with E-state index in [1.807, 2.05) is 18.2 Å². The van der Waals surface area contributed by atoms with Crippen molar-refractivity contribution in [2.24, 2.45) is 0 Å². The molecule has 0 fully saturated rings. The molecule has 0 bridgehead atoms. The molecule has 2 aliphatic rings. The van der Waals surface area contributed by atoms with Crippen molar-refractivity contribution in [3.05, 3.63) is 168 Å². The fraction of sp³-hybridized carbons (Fsp3) is 0.0833. The van der Waals surface area contributed by atoms with Crippen LogP contribution in [0, 0.1) is 0 Å². The first-order valence-corrected chi connectivity index (χ1v) is 18.1. The zero-order valence-corrected chi connectivity index (χ0v) is 28.3. The summed E-state index contributed by atoms with van der Waals surface area (Å²) in [6.45, 7) is 0. The normalized spacial score (nSPS) is 15.6. The Hall–Kier alpha value is -6.52. The van der Waals surface area contributed by atoms with Gasteiger partial charge in [0, 0.05) is 38.8 Å². The van der Waals surface area contributed by atoms with Crippen LogP contribution in [0.25, 0.3) is 88.9 Å². The molecule has 6 aromatic carbocycles. The molecule has 3 aromatic heterocycles. The quantitative estimate of drug-likeness (QED) is 0.187. The average Bonchev–Trinajstić information content (AvgIpc) is 3.78. The first-order valence-electron chi connectivity index (χ1n) is 18.1. The van der Waals surface area contributed by atoms with Gasteiger partial charge in [0.1, 0.15) is 28.1 Å². The Balaban J connectivity index is 1.06. The molecular weight excluding hydrogens is 637 g/mol. The third kappa shape index (κ3) is 4.54. The summed E-state index contributed by atoms with van der Waals surface area (Å²) in [7, 11) is 0. The SMILES string of the molecule is C1=Cc2oc3c(-c4ccccc4)nc(-c4cc5c6cc(C7=CCC(c8cccc9ccccc89)C=C7)ccc6oc5c5ccccc45)nc3c2CC1. The summed E-state index contributed by atoms with van der Waals surface area (Å²) < 4.78 is 13.1. The van der Waals surface area contributed by atoms with E-state index in [2.05, 4.69) is 134 Å². The molecule has 9 aromatic rings. The lowest BCUT2D eigenvalue weighted by molar-refractivity contribution is 0.595. The molecule has 246 valence electrons. The Kier molecular flexibility index (Phi) is 6.47. The minimum Gasteiger partial charge on any atom is -0.455 e. The lowest BCUT2D eigenvalue weighted by Crippen LogP contribution is -1.99. The van der Waals surface area contributed by atoms with E-state index in [9.17, 15) is 0 Å². The van der Waals surface area contributed by atoms with Crippen LogP contribution in [-0.2, 0) is 6.42 Å². The van der Waals surface area contributed by atoms with E-state index >= 15 is 0 Å². The first-order chi connectivity index (χ1) is 25.8. The van der Waals surface area contributed by atoms with Gasteiger partial charge in [0.05, 0.1) is 0 Å². The van der Waals surface area contributed by atoms with Crippen molar-refractivity contribution in [3.8, 4) is 22.6 Å². The van der Waals surface area contributed by atoms with Crippen molar-refractivity contribution in [3.63, 3.8) is 0 Å². The Labute approximate surface area is 300 Å². The Morgan fingerprint density at radius 3 is 2.33 bits per heavy atom. The number of hydrogen-bond acceptors (Lipinski definition) is 4. The summed E-state index contributed by atoms with van der Waals surface area (Å²) in [6, 6.07) is 42.9. The number of aryl methyl sites for hydroxylation is 1. The van der Waals surface area contributed by atoms with Gasteiger partial charge in [0.15, 0.2) is 11.4 Å². The van der Waals surface area contributed by atoms with Crippen molar-refractivity contribution in [1.29, 1.82) is 0 Å². The summed E-state index contributed by atoms with van der Waals surface area (Å²) in [4.78, 5) is 10.6. The second kappa shape index (κ2) is 11.5. The molecule has 1 atom stereocenters. The van der Waals surface area contributed by atoms with Gasteiger partial charge in [-0.2, -0.15) is 0 Å². The molecule has 0 N–H and O–H groups in total. The summed E-state index contributed by atoms with van der Waals surface area (Å²) in [6.07, 6.45) is 14.1. The van der Waals surface area contributed by atoms with Gasteiger partial charge in [-0.1, -0.05) is 127 Å². The number of rotatable bonds is 4. The molecule has 1 unspecified atom stereocenters. The van der Waals surface area contributed by atoms with Gasteiger partial charge in [-0.15, -0.1) is 0 Å². The topological polar surface area (TPSA) is 52.1 Å². The molecular formula is C48H32N2O2. The zero-order valence-electron chi connectivity index (χ0n) is 28.3. The van der Waals surface area contributed by atoms with Crippen LogP contribution in [0.3, 0.4) is 0 Å². The maximum Gasteiger partial charge on any atom is 0.179 e. The summed E-state index contributed by atoms with van der Waals surface area (Å²) >= 11 is 0. The van der Waals surface area contributed by atoms with Crippen LogP contribution in [0.4, 0.5) is 0 Å². The Morgan fingerprint density at radius 2 is 1.44 bits per heavy atom. The van der Waals surface area contributed by atoms with E-state index in [-0.39, 0.29) is 0 Å². The van der Waals surface area contributed by atoms with Gasteiger partial charge in [0.25, 0.3) is 0 Å². The van der Waals surface area contributed by atoms with E-state index in [0.717, 1.165) is 91.2 Å². The summed E-state index contributed by atoms with van der Waals surface area (Å²) in [5.74, 6) is 1.91. The minimum atomic E-state index is 0.345. The van der Waals surface area contributed by atoms with Crippen LogP contribution in [0.2, 0.25) is 0 Å². The number of aromatic nitrogens is 2. The van der Waals surface area contributed by atoms with Gasteiger partial charge in [-0.05, 0) is 76.4 Å². The predicted molar refractivity (Wildman–Crippen MR) is 213 cm³/mol. The molecule has 0 saturated carbocycles. The first kappa shape index (κ1) is 29.2. The second-order valence-corrected chi connectivity index (χ2v) is 13.9. The molecule has 52 heavy (non-hydrogen) atoms. The Bertz CT molecular complexity index is 2990. The zero-order chi connectivity index (χ0) is 34.2. The van der Waals surface area contributed by atoms with Crippen LogP contribution in [0.15, 0.2) is 154 Å². The van der Waals surface area contributed by atoms with Gasteiger partial charge in [-0.25, -0.2) is 9.97 Å². The molecule has 2 aliphatic carbocycles. The maximum absolute atomic E-state index is 6.64. The summed E-state index contributed by atoms with van der Waals surface area (Å²) in [5.41, 5.74) is 11.1. The van der Waals surface area contributed by atoms with Crippen LogP contribution < -0.4 is 0 Å². The fourth-order valence-electron chi connectivity index (χ4n) is 8.35. The smallest absolute Gasteiger partial charge is 0.179 e. The lowest BCUT2D eigenvalue weighted by atomic mass is 9.85. The van der Waals surface area contributed by atoms with Crippen LogP contribution in [-0.4, -0.2) is 9.97 Å². The molecule has 0 radical (unpaired) electrons. The van der Waals surface area contributed by atoms with Crippen LogP contribution in [0.5, 0.6) is 0 Å². The van der Waals surface area contributed by atoms with E-state index in [0.29, 0.717) is 11.7 Å². The van der Waals surface area contributed by atoms with E-state index in [4.69, 9.17) is 18.8 Å². The largest absolute Gasteiger partial charge is 0.455 e. The molecule has 0 spiro atoms. The molecule has 0 saturated heterocycles. The third-order valence-electron chi connectivity index (χ3n) is 10.9. The highest BCUT2D eigenvalue weighted by Gasteiger charge is 2.24. The average molecular weight is 669 g/mol. The monoisotopic (exact) mass is 668 g/mol. The predicted octanol–water partition coefficient (Wildman–Crippen LogP) is 12.8. The van der Waals surface area contributed by atoms with Crippen molar-refractivity contribution in [2.45, 2.75) is 25.2 Å². The molecule has 4 nitrogen and oxygen atoms in total. The number of nitrogens with zero attached hydrogens (tertiary/aromatic N) is 2. The second-order valence-electron chi connectivity index (χ2n) is 13.9. The Morgan fingerprint density at radius 1 is 0.615 bits per heavy atom. The van der Waals surface area contributed by atoms with Gasteiger partial charge in [0.2, 0.25) is 0 Å². The van der Waals surface area contributed by atoms with Crippen molar-refractivity contribution in [1.82, 2.24) is 9.97 Å². The van der Waals surface area contributed by atoms with Crippen molar-refractivity contribution >= 4 is 66.2 Å². The van der Waals surface area contributed by atoms with Gasteiger partial charge < -0.3 is 8.83 Å². The van der Waals surface area contributed by atoms with E-state index in [1.54, 1.807) is 0 Å². The third-order valence-corrected chi connectivity index (χ3v) is 10.9. The maximum atomic E-state index is 6.64. The number of benzene rings is 6. The molecule has 0 aliphatic heterocycles. The van der Waals surface area contributed by atoms with E-state index < -0.39 is 0 Å². The van der Waals surface area contributed by atoms with Gasteiger partial charge in [-0.3, -0.25) is 0 Å². The molecule has 11 rings (SSSR count). The fourth-order valence-corrected chi connectivity index (χ4v) is 8.35. The lowest BCUT2D eigenvalue weighted by Gasteiger charge is -2.19. The number of furan rings is 2. The number of allylic oxidation sites excluding steroid dienone is 5. The summed E-state index contributed by atoms with van der Waals surface area (Å²) in [5, 5.41) is 6.86. The highest BCUT2D eigenvalue weighted by Crippen LogP contribution is 2.43. The number of hydrogen-bond donors (Lipinski definition) is 0. The van der Waals surface area contributed by atoms with E-state index in [1.165, 1.54) is 27.5 Å². The van der Waals surface area contributed by atoms with Crippen LogP contribution in [0.1, 0.15) is 41.2 Å². The molecule has 3 heterocycles. The van der Waals surface area contributed by atoms with Crippen molar-refractivity contribution in [2.75, 3.05) is 0 Å². The highest BCUT2D eigenvalue weighted by molar-refractivity contribution is 6.19. The standard InChI is InChI=1S/C48H32N2O2/c1-2-12-32(13-3-1)44-47-45(38-18-8-9-20-42(38)52-47)50-48(49-44)41-28-40-39-27-33(25-26-43(39)51-46(40)37-17-7-6-16-36(37)41)29-21-23-31(24-22-29)35-19-10-14-30-11-4-5-15-34(30)35/h1-7,9-17,19-23,25-28,31H,8,18,24H2. The number of fused-ring (bicyclic) bond motifs is 9.